The molecule has 2 amide bonds. The Hall–Kier alpha value is -1.82. The second-order valence-electron chi connectivity index (χ2n) is 4.49. The molecule has 1 aromatic rings. The first-order chi connectivity index (χ1) is 9.45. The van der Waals surface area contributed by atoms with E-state index in [1.165, 1.54) is 12.0 Å². The number of benzene rings is 1. The summed E-state index contributed by atoms with van der Waals surface area (Å²) in [7, 11) is 2.95. The van der Waals surface area contributed by atoms with Gasteiger partial charge in [0.05, 0.1) is 18.7 Å². The molecule has 0 bridgehead atoms. The lowest BCUT2D eigenvalue weighted by Crippen LogP contribution is -2.46. The highest BCUT2D eigenvalue weighted by Crippen LogP contribution is 2.31. The fourth-order valence-electron chi connectivity index (χ4n) is 2.15. The summed E-state index contributed by atoms with van der Waals surface area (Å²) in [6.07, 6.45) is 0. The van der Waals surface area contributed by atoms with Crippen molar-refractivity contribution in [2.45, 2.75) is 13.0 Å². The van der Waals surface area contributed by atoms with E-state index in [0.717, 1.165) is 10.0 Å². The van der Waals surface area contributed by atoms with Crippen molar-refractivity contribution < 1.29 is 14.3 Å². The van der Waals surface area contributed by atoms with Crippen LogP contribution in [-0.4, -0.2) is 31.1 Å². The molecule has 20 heavy (non-hydrogen) atoms. The van der Waals surface area contributed by atoms with Crippen LogP contribution >= 0.6 is 15.9 Å². The van der Waals surface area contributed by atoms with Gasteiger partial charge in [0, 0.05) is 17.2 Å². The van der Waals surface area contributed by atoms with Gasteiger partial charge in [-0.05, 0) is 24.6 Å². The van der Waals surface area contributed by atoms with Crippen molar-refractivity contribution in [3.63, 3.8) is 0 Å². The second-order valence-corrected chi connectivity index (χ2v) is 5.40. The van der Waals surface area contributed by atoms with E-state index in [-0.39, 0.29) is 6.03 Å². The van der Waals surface area contributed by atoms with Gasteiger partial charge in [-0.25, -0.2) is 9.59 Å². The van der Waals surface area contributed by atoms with Crippen LogP contribution in [0.15, 0.2) is 40.0 Å². The smallest absolute Gasteiger partial charge is 0.337 e. The number of carbonyl (C=O) groups is 2. The molecule has 0 unspecified atom stereocenters. The summed E-state index contributed by atoms with van der Waals surface area (Å²) in [5.41, 5.74) is 1.85. The monoisotopic (exact) mass is 338 g/mol. The molecule has 0 spiro atoms. The Balaban J connectivity index is 2.55. The SMILES string of the molecule is COC(=O)C1=C(C)N(C)C(=O)N[C@@H]1c1cccc(Br)c1. The van der Waals surface area contributed by atoms with Crippen molar-refractivity contribution in [2.24, 2.45) is 0 Å². The van der Waals surface area contributed by atoms with Crippen molar-refractivity contribution in [3.05, 3.63) is 45.6 Å². The number of esters is 1. The third-order valence-electron chi connectivity index (χ3n) is 3.34. The zero-order valence-corrected chi connectivity index (χ0v) is 13.0. The van der Waals surface area contributed by atoms with Crippen LogP contribution in [0, 0.1) is 0 Å². The number of methoxy groups -OCH3 is 1. The molecule has 1 heterocycles. The number of hydrogen-bond acceptors (Lipinski definition) is 3. The van der Waals surface area contributed by atoms with Crippen LogP contribution in [0.5, 0.6) is 0 Å². The molecule has 0 saturated heterocycles. The minimum Gasteiger partial charge on any atom is -0.466 e. The normalized spacial score (nSPS) is 18.9. The summed E-state index contributed by atoms with van der Waals surface area (Å²) < 4.78 is 5.72. The summed E-state index contributed by atoms with van der Waals surface area (Å²) in [5.74, 6) is -0.445. The van der Waals surface area contributed by atoms with Gasteiger partial charge in [0.15, 0.2) is 0 Å². The first kappa shape index (κ1) is 14.6. The quantitative estimate of drug-likeness (QED) is 0.843. The van der Waals surface area contributed by atoms with Gasteiger partial charge in [-0.3, -0.25) is 0 Å². The Morgan fingerprint density at radius 2 is 2.15 bits per heavy atom. The van der Waals surface area contributed by atoms with E-state index in [4.69, 9.17) is 4.74 Å². The molecule has 0 saturated carbocycles. The number of nitrogens with one attached hydrogen (secondary N) is 1. The van der Waals surface area contributed by atoms with E-state index < -0.39 is 12.0 Å². The number of carbonyl (C=O) groups excluding carboxylic acids is 2. The molecule has 1 aromatic carbocycles. The molecule has 2 rings (SSSR count). The largest absolute Gasteiger partial charge is 0.466 e. The fourth-order valence-corrected chi connectivity index (χ4v) is 2.56. The fraction of sp³-hybridized carbons (Fsp3) is 0.286. The average Bonchev–Trinajstić information content (AvgIpc) is 2.43. The van der Waals surface area contributed by atoms with Crippen molar-refractivity contribution in [1.29, 1.82) is 0 Å². The van der Waals surface area contributed by atoms with Crippen molar-refractivity contribution in [3.8, 4) is 0 Å². The molecule has 5 nitrogen and oxygen atoms in total. The lowest BCUT2D eigenvalue weighted by atomic mass is 9.95. The number of allylic oxidation sites excluding steroid dienone is 1. The van der Waals surface area contributed by atoms with Gasteiger partial charge in [-0.2, -0.15) is 0 Å². The predicted molar refractivity (Wildman–Crippen MR) is 77.9 cm³/mol. The van der Waals surface area contributed by atoms with Crippen LogP contribution in [0.2, 0.25) is 0 Å². The average molecular weight is 339 g/mol. The third kappa shape index (κ3) is 2.56. The Kier molecular flexibility index (Phi) is 4.13. The zero-order valence-electron chi connectivity index (χ0n) is 11.4. The molecule has 6 heteroatoms. The summed E-state index contributed by atoms with van der Waals surface area (Å²) in [5, 5.41) is 2.81. The number of urea groups is 1. The first-order valence-corrected chi connectivity index (χ1v) is 6.83. The lowest BCUT2D eigenvalue weighted by molar-refractivity contribution is -0.136. The van der Waals surface area contributed by atoms with Crippen molar-refractivity contribution in [2.75, 3.05) is 14.2 Å². The molecule has 0 aromatic heterocycles. The highest BCUT2D eigenvalue weighted by molar-refractivity contribution is 9.10. The van der Waals surface area contributed by atoms with Gasteiger partial charge in [-0.15, -0.1) is 0 Å². The molecular weight excluding hydrogens is 324 g/mol. The number of hydrogen-bond donors (Lipinski definition) is 1. The zero-order chi connectivity index (χ0) is 14.9. The molecule has 0 aliphatic carbocycles. The van der Waals surface area contributed by atoms with E-state index in [2.05, 4.69) is 21.2 Å². The van der Waals surface area contributed by atoms with Gasteiger partial charge in [0.25, 0.3) is 0 Å². The minimum absolute atomic E-state index is 0.250. The standard InChI is InChI=1S/C14H15BrN2O3/c1-8-11(13(18)20-3)12(16-14(19)17(8)2)9-5-4-6-10(15)7-9/h4-7,12H,1-3H3,(H,16,19)/t12-/m1/s1. The molecule has 1 N–H and O–H groups in total. The molecule has 1 aliphatic rings. The van der Waals surface area contributed by atoms with Crippen LogP contribution in [0.4, 0.5) is 4.79 Å². The highest BCUT2D eigenvalue weighted by Gasteiger charge is 2.34. The van der Waals surface area contributed by atoms with E-state index >= 15 is 0 Å². The number of ether oxygens (including phenoxy) is 1. The van der Waals surface area contributed by atoms with E-state index in [0.29, 0.717) is 11.3 Å². The first-order valence-electron chi connectivity index (χ1n) is 6.04. The number of rotatable bonds is 2. The second kappa shape index (κ2) is 5.66. The van der Waals surface area contributed by atoms with Crippen molar-refractivity contribution >= 4 is 27.9 Å². The summed E-state index contributed by atoms with van der Waals surface area (Å²) >= 11 is 3.39. The number of nitrogens with zero attached hydrogens (tertiary/aromatic N) is 1. The Bertz CT molecular complexity index is 598. The Morgan fingerprint density at radius 1 is 1.45 bits per heavy atom. The summed E-state index contributed by atoms with van der Waals surface area (Å²) in [6.45, 7) is 1.73. The van der Waals surface area contributed by atoms with Crippen molar-refractivity contribution in [1.82, 2.24) is 10.2 Å². The number of halogens is 1. The van der Waals surface area contributed by atoms with Crippen LogP contribution in [-0.2, 0) is 9.53 Å². The van der Waals surface area contributed by atoms with Crippen LogP contribution < -0.4 is 5.32 Å². The summed E-state index contributed by atoms with van der Waals surface area (Å²) in [4.78, 5) is 25.4. The van der Waals surface area contributed by atoms with Gasteiger partial charge in [0.1, 0.15) is 0 Å². The molecule has 1 atom stereocenters. The van der Waals surface area contributed by atoms with Gasteiger partial charge in [0.2, 0.25) is 0 Å². The third-order valence-corrected chi connectivity index (χ3v) is 3.83. The topological polar surface area (TPSA) is 58.6 Å². The lowest BCUT2D eigenvalue weighted by Gasteiger charge is -2.33. The molecular formula is C14H15BrN2O3. The van der Waals surface area contributed by atoms with Crippen LogP contribution in [0.25, 0.3) is 0 Å². The molecule has 0 radical (unpaired) electrons. The Morgan fingerprint density at radius 3 is 2.75 bits per heavy atom. The van der Waals surface area contributed by atoms with Gasteiger partial charge < -0.3 is 15.0 Å². The molecule has 1 aliphatic heterocycles. The van der Waals surface area contributed by atoms with Gasteiger partial charge in [-0.1, -0.05) is 28.1 Å². The van der Waals surface area contributed by atoms with Crippen LogP contribution in [0.1, 0.15) is 18.5 Å². The number of amides is 2. The minimum atomic E-state index is -0.511. The maximum absolute atomic E-state index is 12.0. The van der Waals surface area contributed by atoms with E-state index in [1.54, 1.807) is 14.0 Å². The highest BCUT2D eigenvalue weighted by atomic mass is 79.9. The maximum atomic E-state index is 12.0. The Labute approximate surface area is 125 Å². The predicted octanol–water partition coefficient (Wildman–Crippen LogP) is 2.59. The molecule has 106 valence electrons. The van der Waals surface area contributed by atoms with E-state index in [9.17, 15) is 9.59 Å². The summed E-state index contributed by atoms with van der Waals surface area (Å²) in [6, 6.07) is 6.70. The van der Waals surface area contributed by atoms with E-state index in [1.807, 2.05) is 24.3 Å². The van der Waals surface area contributed by atoms with Crippen LogP contribution in [0.3, 0.4) is 0 Å². The maximum Gasteiger partial charge on any atom is 0.337 e. The molecule has 0 fully saturated rings. The van der Waals surface area contributed by atoms with Gasteiger partial charge >= 0.3 is 12.0 Å².